The molecule has 2 rings (SSSR count). The summed E-state index contributed by atoms with van der Waals surface area (Å²) in [4.78, 5) is 4.30. The molecule has 0 aliphatic rings. The number of nitrogens with zero attached hydrogens (tertiary/aromatic N) is 1. The molecule has 1 nitrogen and oxygen atoms in total. The Balaban J connectivity index is 0.000000605. The molecule has 0 fully saturated rings. The van der Waals surface area contributed by atoms with Crippen molar-refractivity contribution in [2.24, 2.45) is 0 Å². The summed E-state index contributed by atoms with van der Waals surface area (Å²) >= 11 is 1.69. The fraction of sp³-hybridized carbons (Fsp3) is 0.125. The van der Waals surface area contributed by atoms with Crippen LogP contribution in [-0.2, 0) is 18.6 Å². The molecule has 1 aromatic heterocycles. The van der Waals surface area contributed by atoms with Crippen LogP contribution >= 0.6 is 11.3 Å². The Morgan fingerprint density at radius 3 is 3.09 bits per heavy atom. The van der Waals surface area contributed by atoms with Gasteiger partial charge in [-0.15, -0.1) is 17.4 Å². The van der Waals surface area contributed by atoms with Gasteiger partial charge in [-0.25, -0.2) is 0 Å². The molecule has 0 amide bonds. The van der Waals surface area contributed by atoms with Crippen LogP contribution in [0.25, 0.3) is 10.2 Å². The summed E-state index contributed by atoms with van der Waals surface area (Å²) in [6, 6.07) is 9.01. The Kier molecular flexibility index (Phi) is 2.71. The van der Waals surface area contributed by atoms with E-state index in [0.29, 0.717) is 0 Å². The predicted octanol–water partition coefficient (Wildman–Crippen LogP) is 2.40. The molecule has 0 unspecified atom stereocenters. The first-order chi connectivity index (χ1) is 4.86. The maximum atomic E-state index is 4.30. The first-order valence-corrected chi connectivity index (χ1v) is 3.92. The van der Waals surface area contributed by atoms with Gasteiger partial charge < -0.3 is 4.98 Å². The molecule has 0 bridgehead atoms. The summed E-state index contributed by atoms with van der Waals surface area (Å²) in [6.45, 7) is 2.01. The van der Waals surface area contributed by atoms with Crippen molar-refractivity contribution in [3.8, 4) is 0 Å². The van der Waals surface area contributed by atoms with Gasteiger partial charge in [0.05, 0.1) is 5.01 Å². The minimum Gasteiger partial charge on any atom is -0.307 e. The topological polar surface area (TPSA) is 12.9 Å². The Bertz CT molecular complexity index is 323. The molecule has 11 heavy (non-hydrogen) atoms. The zero-order chi connectivity index (χ0) is 6.97. The molecule has 0 N–H and O–H groups in total. The molecule has 55 valence electrons. The van der Waals surface area contributed by atoms with E-state index >= 15 is 0 Å². The number of aromatic nitrogens is 1. The first-order valence-electron chi connectivity index (χ1n) is 3.10. The van der Waals surface area contributed by atoms with Gasteiger partial charge in [0.15, 0.2) is 0 Å². The zero-order valence-electron chi connectivity index (χ0n) is 6.03. The van der Waals surface area contributed by atoms with Crippen LogP contribution in [0.15, 0.2) is 18.2 Å². The van der Waals surface area contributed by atoms with Crippen LogP contribution in [0.3, 0.4) is 0 Å². The monoisotopic (exact) mass is 199 g/mol. The van der Waals surface area contributed by atoms with Crippen molar-refractivity contribution in [1.29, 1.82) is 0 Å². The molecule has 0 spiro atoms. The molecule has 1 radical (unpaired) electrons. The third-order valence-corrected chi connectivity index (χ3v) is 2.24. The minimum atomic E-state index is 0. The fourth-order valence-corrected chi connectivity index (χ4v) is 1.71. The quantitative estimate of drug-likeness (QED) is 0.593. The average Bonchev–Trinajstić information content (AvgIpc) is 2.27. The van der Waals surface area contributed by atoms with Crippen molar-refractivity contribution in [2.75, 3.05) is 0 Å². The first kappa shape index (κ1) is 8.79. The molecule has 2 aromatic rings. The van der Waals surface area contributed by atoms with Gasteiger partial charge in [-0.05, 0) is 12.4 Å². The van der Waals surface area contributed by atoms with Gasteiger partial charge in [-0.2, -0.15) is 18.2 Å². The summed E-state index contributed by atoms with van der Waals surface area (Å²) in [6.07, 6.45) is 0. The van der Waals surface area contributed by atoms with Crippen molar-refractivity contribution >= 4 is 21.6 Å². The maximum absolute atomic E-state index is 4.30. The summed E-state index contributed by atoms with van der Waals surface area (Å²) < 4.78 is 1.15. The van der Waals surface area contributed by atoms with E-state index in [1.807, 2.05) is 25.1 Å². The number of hydrogen-bond acceptors (Lipinski definition) is 2. The number of fused-ring (bicyclic) bond motifs is 1. The van der Waals surface area contributed by atoms with E-state index in [9.17, 15) is 0 Å². The number of benzene rings is 1. The number of aryl methyl sites for hydroxylation is 1. The van der Waals surface area contributed by atoms with Gasteiger partial charge >= 0.3 is 0 Å². The van der Waals surface area contributed by atoms with Crippen LogP contribution in [0.1, 0.15) is 5.01 Å². The zero-order valence-corrected chi connectivity index (χ0v) is 8.25. The Morgan fingerprint density at radius 1 is 1.55 bits per heavy atom. The van der Waals surface area contributed by atoms with Crippen LogP contribution in [0.4, 0.5) is 0 Å². The second kappa shape index (κ2) is 3.39. The third kappa shape index (κ3) is 1.64. The van der Waals surface area contributed by atoms with Crippen LogP contribution in [0.5, 0.6) is 0 Å². The van der Waals surface area contributed by atoms with E-state index < -0.39 is 0 Å². The van der Waals surface area contributed by atoms with Crippen molar-refractivity contribution in [3.05, 3.63) is 29.3 Å². The van der Waals surface area contributed by atoms with E-state index in [1.54, 1.807) is 11.3 Å². The van der Waals surface area contributed by atoms with E-state index in [-0.39, 0.29) is 18.6 Å². The van der Waals surface area contributed by atoms with Gasteiger partial charge in [-0.1, -0.05) is 4.70 Å². The van der Waals surface area contributed by atoms with E-state index in [1.165, 1.54) is 0 Å². The maximum Gasteiger partial charge on any atom is 0.0741 e. The Hall–Kier alpha value is -0.306. The number of rotatable bonds is 0. The van der Waals surface area contributed by atoms with E-state index in [4.69, 9.17) is 0 Å². The number of hydrogen-bond donors (Lipinski definition) is 0. The van der Waals surface area contributed by atoms with Crippen LogP contribution in [0.2, 0.25) is 0 Å². The predicted molar refractivity (Wildman–Crippen MR) is 43.2 cm³/mol. The van der Waals surface area contributed by atoms with Crippen molar-refractivity contribution in [1.82, 2.24) is 4.98 Å². The molecule has 0 atom stereocenters. The summed E-state index contributed by atoms with van der Waals surface area (Å²) in [7, 11) is 0. The fourth-order valence-electron chi connectivity index (χ4n) is 0.923. The molecule has 0 saturated heterocycles. The molecule has 1 aromatic carbocycles. The molecule has 0 saturated carbocycles. The molecule has 1 heterocycles. The SMILES string of the molecule is Cc1nc2ccc[c-]c2s1.[V]. The Labute approximate surface area is 81.3 Å². The summed E-state index contributed by atoms with van der Waals surface area (Å²) in [5, 5.41) is 1.11. The summed E-state index contributed by atoms with van der Waals surface area (Å²) in [5.41, 5.74) is 1.06. The Morgan fingerprint density at radius 2 is 2.36 bits per heavy atom. The van der Waals surface area contributed by atoms with E-state index in [0.717, 1.165) is 15.2 Å². The van der Waals surface area contributed by atoms with Gasteiger partial charge in [-0.3, -0.25) is 0 Å². The van der Waals surface area contributed by atoms with Gasteiger partial charge in [0.2, 0.25) is 0 Å². The van der Waals surface area contributed by atoms with Crippen molar-refractivity contribution in [3.63, 3.8) is 0 Å². The molecular weight excluding hydrogens is 193 g/mol. The normalized spacial score (nSPS) is 9.55. The largest absolute Gasteiger partial charge is 0.307 e. The van der Waals surface area contributed by atoms with Crippen LogP contribution < -0.4 is 0 Å². The third-order valence-electron chi connectivity index (χ3n) is 1.33. The smallest absolute Gasteiger partial charge is 0.0741 e. The van der Waals surface area contributed by atoms with Crippen LogP contribution in [-0.4, -0.2) is 4.98 Å². The standard InChI is InChI=1S/C8H6NS.V/c1-6-9-7-4-2-3-5-8(7)10-6;/h2-4H,1H3;/q-1;. The molecule has 3 heteroatoms. The molecular formula is C8H6NSV-. The summed E-state index contributed by atoms with van der Waals surface area (Å²) in [5.74, 6) is 0. The molecule has 0 aliphatic carbocycles. The van der Waals surface area contributed by atoms with E-state index in [2.05, 4.69) is 11.1 Å². The van der Waals surface area contributed by atoms with Gasteiger partial charge in [0.1, 0.15) is 0 Å². The second-order valence-corrected chi connectivity index (χ2v) is 3.32. The minimum absolute atomic E-state index is 0. The van der Waals surface area contributed by atoms with Crippen molar-refractivity contribution < 1.29 is 18.6 Å². The molecule has 0 aliphatic heterocycles. The van der Waals surface area contributed by atoms with Crippen molar-refractivity contribution in [2.45, 2.75) is 6.92 Å². The average molecular weight is 199 g/mol. The number of thiazole rings is 1. The second-order valence-electron chi connectivity index (χ2n) is 2.12. The van der Waals surface area contributed by atoms with Crippen LogP contribution in [0, 0.1) is 13.0 Å². The van der Waals surface area contributed by atoms with Gasteiger partial charge in [0.25, 0.3) is 0 Å². The van der Waals surface area contributed by atoms with Gasteiger partial charge in [0, 0.05) is 18.6 Å².